The van der Waals surface area contributed by atoms with Crippen molar-refractivity contribution in [2.45, 2.75) is 71.0 Å². The summed E-state index contributed by atoms with van der Waals surface area (Å²) in [4.78, 5) is 31.1. The van der Waals surface area contributed by atoms with Gasteiger partial charge in [-0.25, -0.2) is 0 Å². The van der Waals surface area contributed by atoms with Crippen molar-refractivity contribution in [2.24, 2.45) is 5.92 Å². The van der Waals surface area contributed by atoms with Gasteiger partial charge in [-0.1, -0.05) is 39.3 Å². The molecule has 8 heteroatoms. The van der Waals surface area contributed by atoms with Gasteiger partial charge in [0.15, 0.2) is 0 Å². The van der Waals surface area contributed by atoms with E-state index in [0.29, 0.717) is 37.5 Å². The maximum Gasteiger partial charge on any atom is 0.246 e. The number of hydrogen-bond acceptors (Lipinski definition) is 5. The molecule has 2 aromatic rings. The van der Waals surface area contributed by atoms with E-state index in [0.717, 1.165) is 38.2 Å². The van der Waals surface area contributed by atoms with E-state index in [1.807, 2.05) is 17.0 Å². The number of phenolic OH excluding ortho intramolecular Hbond substituents is 1. The third-order valence-electron chi connectivity index (χ3n) is 7.34. The van der Waals surface area contributed by atoms with Crippen LogP contribution < -0.4 is 10.1 Å². The lowest BCUT2D eigenvalue weighted by molar-refractivity contribution is -0.161. The molecule has 2 aromatic carbocycles. The van der Waals surface area contributed by atoms with Gasteiger partial charge in [-0.3, -0.25) is 14.5 Å². The van der Waals surface area contributed by atoms with Crippen LogP contribution in [0.25, 0.3) is 0 Å². The quantitative estimate of drug-likeness (QED) is 0.471. The molecule has 2 aliphatic heterocycles. The number of phenols is 1. The summed E-state index contributed by atoms with van der Waals surface area (Å²) >= 11 is 0. The number of nitrogens with one attached hydrogen (secondary N) is 1. The second-order valence-electron chi connectivity index (χ2n) is 10.5. The van der Waals surface area contributed by atoms with E-state index in [9.17, 15) is 14.7 Å². The van der Waals surface area contributed by atoms with E-state index >= 15 is 0 Å². The number of amides is 2. The highest BCUT2D eigenvalue weighted by Gasteiger charge is 2.53. The Labute approximate surface area is 226 Å². The maximum atomic E-state index is 13.4. The van der Waals surface area contributed by atoms with E-state index in [-0.39, 0.29) is 30.0 Å². The van der Waals surface area contributed by atoms with Crippen LogP contribution in [0.1, 0.15) is 58.4 Å². The molecule has 1 atom stereocenters. The molecule has 2 fully saturated rings. The van der Waals surface area contributed by atoms with Crippen molar-refractivity contribution >= 4 is 24.2 Å². The standard InChI is InChI=1S/C29H39N3O4.ClH/c1-4-5-16-32-27(34)26(19-21(2)3)30-28(35)29(32)14-17-31(18-15-29)20-22-6-10-24(11-7-22)36-25-12-8-23(33)9-13-25;/h6-13,21,26,33H,4-5,14-20H2,1-3H3,(H,30,35);1H. The van der Waals surface area contributed by atoms with Gasteiger partial charge in [0.05, 0.1) is 0 Å². The van der Waals surface area contributed by atoms with Crippen LogP contribution in [0.4, 0.5) is 0 Å². The van der Waals surface area contributed by atoms with E-state index in [4.69, 9.17) is 4.74 Å². The predicted molar refractivity (Wildman–Crippen MR) is 147 cm³/mol. The number of benzene rings is 2. The summed E-state index contributed by atoms with van der Waals surface area (Å²) in [5.74, 6) is 2.09. The number of carbonyl (C=O) groups is 2. The Morgan fingerprint density at radius 2 is 1.62 bits per heavy atom. The van der Waals surface area contributed by atoms with Crippen molar-refractivity contribution in [3.8, 4) is 17.2 Å². The molecular weight excluding hydrogens is 490 g/mol. The van der Waals surface area contributed by atoms with Crippen molar-refractivity contribution in [3.05, 3.63) is 54.1 Å². The fourth-order valence-corrected chi connectivity index (χ4v) is 5.30. The first-order valence-electron chi connectivity index (χ1n) is 13.2. The maximum absolute atomic E-state index is 13.4. The first-order chi connectivity index (χ1) is 17.3. The van der Waals surface area contributed by atoms with E-state index in [2.05, 4.69) is 43.1 Å². The minimum Gasteiger partial charge on any atom is -0.508 e. The lowest BCUT2D eigenvalue weighted by Gasteiger charge is -2.52. The van der Waals surface area contributed by atoms with Gasteiger partial charge in [-0.15, -0.1) is 12.4 Å². The number of piperazine rings is 1. The second-order valence-corrected chi connectivity index (χ2v) is 10.5. The Morgan fingerprint density at radius 3 is 2.19 bits per heavy atom. The van der Waals surface area contributed by atoms with Crippen molar-refractivity contribution < 1.29 is 19.4 Å². The lowest BCUT2D eigenvalue weighted by atomic mass is 9.80. The molecule has 0 bridgehead atoms. The highest BCUT2D eigenvalue weighted by atomic mass is 35.5. The van der Waals surface area contributed by atoms with E-state index in [1.165, 1.54) is 5.56 Å². The van der Waals surface area contributed by atoms with Gasteiger partial charge in [-0.05, 0) is 73.6 Å². The van der Waals surface area contributed by atoms with Gasteiger partial charge in [0, 0.05) is 26.2 Å². The molecule has 0 aliphatic carbocycles. The summed E-state index contributed by atoms with van der Waals surface area (Å²) in [6, 6.07) is 14.3. The van der Waals surface area contributed by atoms with Crippen molar-refractivity contribution in [1.29, 1.82) is 0 Å². The van der Waals surface area contributed by atoms with E-state index < -0.39 is 11.6 Å². The molecular formula is C29H40ClN3O4. The van der Waals surface area contributed by atoms with Crippen molar-refractivity contribution in [3.63, 3.8) is 0 Å². The molecule has 2 heterocycles. The zero-order valence-corrected chi connectivity index (χ0v) is 22.9. The number of ether oxygens (including phenoxy) is 1. The topological polar surface area (TPSA) is 82.1 Å². The largest absolute Gasteiger partial charge is 0.508 e. The fourth-order valence-electron chi connectivity index (χ4n) is 5.30. The molecule has 2 saturated heterocycles. The van der Waals surface area contributed by atoms with Crippen LogP contribution in [0.5, 0.6) is 17.2 Å². The van der Waals surface area contributed by atoms with Crippen LogP contribution in [0.3, 0.4) is 0 Å². The number of rotatable bonds is 9. The molecule has 4 rings (SSSR count). The Kier molecular flexibility index (Phi) is 9.85. The molecule has 0 saturated carbocycles. The van der Waals surface area contributed by atoms with Gasteiger partial charge in [0.2, 0.25) is 11.8 Å². The smallest absolute Gasteiger partial charge is 0.246 e. The minimum absolute atomic E-state index is 0. The Bertz CT molecular complexity index is 1030. The Morgan fingerprint density at radius 1 is 1.03 bits per heavy atom. The minimum atomic E-state index is -0.724. The zero-order chi connectivity index (χ0) is 25.7. The second kappa shape index (κ2) is 12.7. The summed E-state index contributed by atoms with van der Waals surface area (Å²) in [5.41, 5.74) is 0.450. The fraction of sp³-hybridized carbons (Fsp3) is 0.517. The van der Waals surface area contributed by atoms with Gasteiger partial charge in [-0.2, -0.15) is 0 Å². The summed E-state index contributed by atoms with van der Waals surface area (Å²) in [5, 5.41) is 12.5. The van der Waals surface area contributed by atoms with Crippen molar-refractivity contribution in [2.75, 3.05) is 19.6 Å². The number of carbonyl (C=O) groups excluding carboxylic acids is 2. The monoisotopic (exact) mass is 529 g/mol. The first-order valence-corrected chi connectivity index (χ1v) is 13.2. The lowest BCUT2D eigenvalue weighted by Crippen LogP contribution is -2.73. The average molecular weight is 530 g/mol. The summed E-state index contributed by atoms with van der Waals surface area (Å²) in [6.45, 7) is 9.27. The zero-order valence-electron chi connectivity index (χ0n) is 22.1. The van der Waals surface area contributed by atoms with Crippen LogP contribution in [-0.2, 0) is 16.1 Å². The number of piperidine rings is 1. The van der Waals surface area contributed by atoms with Crippen LogP contribution in [-0.4, -0.2) is 57.9 Å². The number of likely N-dealkylation sites (tertiary alicyclic amines) is 1. The number of halogens is 1. The van der Waals surface area contributed by atoms with Gasteiger partial charge >= 0.3 is 0 Å². The predicted octanol–water partition coefficient (Wildman–Crippen LogP) is 5.11. The molecule has 2 amide bonds. The third-order valence-corrected chi connectivity index (χ3v) is 7.34. The highest BCUT2D eigenvalue weighted by molar-refractivity contribution is 6.00. The Balaban J connectivity index is 0.00000380. The SMILES string of the molecule is CCCCN1C(=O)C(CC(C)C)NC(=O)C12CCN(Cc1ccc(Oc3ccc(O)cc3)cc1)CC2.Cl. The van der Waals surface area contributed by atoms with Crippen LogP contribution in [0.15, 0.2) is 48.5 Å². The van der Waals surface area contributed by atoms with Crippen LogP contribution >= 0.6 is 12.4 Å². The molecule has 1 spiro atoms. The van der Waals surface area contributed by atoms with Crippen LogP contribution in [0, 0.1) is 5.92 Å². The third kappa shape index (κ3) is 6.76. The number of hydrogen-bond donors (Lipinski definition) is 2. The van der Waals surface area contributed by atoms with Gasteiger partial charge in [0.25, 0.3) is 0 Å². The molecule has 2 aliphatic rings. The van der Waals surface area contributed by atoms with Gasteiger partial charge in [0.1, 0.15) is 28.8 Å². The number of unbranched alkanes of at least 4 members (excludes halogenated alkanes) is 1. The Hall–Kier alpha value is -2.77. The molecule has 0 radical (unpaired) electrons. The molecule has 37 heavy (non-hydrogen) atoms. The number of aromatic hydroxyl groups is 1. The number of nitrogens with zero attached hydrogens (tertiary/aromatic N) is 2. The van der Waals surface area contributed by atoms with Crippen LogP contribution in [0.2, 0.25) is 0 Å². The van der Waals surface area contributed by atoms with E-state index in [1.54, 1.807) is 24.3 Å². The summed E-state index contributed by atoms with van der Waals surface area (Å²) in [6.07, 6.45) is 3.91. The molecule has 202 valence electrons. The highest BCUT2D eigenvalue weighted by Crippen LogP contribution is 2.35. The molecule has 2 N–H and O–H groups in total. The summed E-state index contributed by atoms with van der Waals surface area (Å²) < 4.78 is 5.85. The molecule has 0 aromatic heterocycles. The summed E-state index contributed by atoms with van der Waals surface area (Å²) in [7, 11) is 0. The first kappa shape index (κ1) is 28.8. The average Bonchev–Trinajstić information content (AvgIpc) is 2.86. The molecule has 1 unspecified atom stereocenters. The van der Waals surface area contributed by atoms with Crippen molar-refractivity contribution in [1.82, 2.24) is 15.1 Å². The van der Waals surface area contributed by atoms with Gasteiger partial charge < -0.3 is 20.1 Å². The molecule has 7 nitrogen and oxygen atoms in total. The normalized spacial score (nSPS) is 19.6.